The third-order valence-corrected chi connectivity index (χ3v) is 6.51. The second-order valence-electron chi connectivity index (χ2n) is 12.2. The van der Waals surface area contributed by atoms with Crippen molar-refractivity contribution in [3.63, 3.8) is 0 Å². The Morgan fingerprint density at radius 1 is 0.591 bits per heavy atom. The summed E-state index contributed by atoms with van der Waals surface area (Å²) in [5, 5.41) is 46.1. The molecule has 3 aromatic heterocycles. The van der Waals surface area contributed by atoms with Gasteiger partial charge in [-0.2, -0.15) is 29.8 Å². The van der Waals surface area contributed by atoms with E-state index in [1.165, 1.54) is 40.0 Å². The van der Waals surface area contributed by atoms with Crippen LogP contribution in [0.15, 0.2) is 81.4 Å². The van der Waals surface area contributed by atoms with E-state index < -0.39 is 10.8 Å². The Morgan fingerprint density at radius 2 is 0.955 bits per heavy atom. The van der Waals surface area contributed by atoms with Gasteiger partial charge in [0.1, 0.15) is 17.8 Å². The monoisotopic (exact) mass is 594 g/mol. The number of phenolic OH excluding ortho intramolecular Hbond substituents is 2. The zero-order valence-electron chi connectivity index (χ0n) is 25.3. The number of anilines is 2. The van der Waals surface area contributed by atoms with Gasteiger partial charge < -0.3 is 21.7 Å². The van der Waals surface area contributed by atoms with Crippen molar-refractivity contribution in [3.8, 4) is 23.1 Å². The maximum atomic E-state index is 9.58. The van der Waals surface area contributed by atoms with Gasteiger partial charge in [-0.25, -0.2) is 9.97 Å². The third-order valence-electron chi connectivity index (χ3n) is 6.51. The number of hydrogen-bond donors (Lipinski definition) is 4. The molecule has 44 heavy (non-hydrogen) atoms. The van der Waals surface area contributed by atoms with Crippen molar-refractivity contribution >= 4 is 34.4 Å². The number of nitrogens with two attached hydrogens (primary N) is 2. The third kappa shape index (κ3) is 6.09. The standard InChI is InChI=1S/C30H34N12O2/c1-29(2,3)25-23(37-35-17-7-11-19(43)12-8-17)27(31)41(39-25)21-15-22(34-16-33-21)42-28(32)24(26(40-42)30(4,5)6)38-36-18-9-13-20(44)14-10-18/h7-16,43-44H,31-32H2,1-6H3. The summed E-state index contributed by atoms with van der Waals surface area (Å²) in [6.07, 6.45) is 1.37. The largest absolute Gasteiger partial charge is 0.508 e. The Bertz CT molecular complexity index is 1720. The molecular formula is C30H34N12O2. The molecule has 0 amide bonds. The first-order valence-electron chi connectivity index (χ1n) is 13.7. The summed E-state index contributed by atoms with van der Waals surface area (Å²) in [5.41, 5.74) is 15.4. The maximum Gasteiger partial charge on any atom is 0.161 e. The van der Waals surface area contributed by atoms with Crippen LogP contribution in [0.1, 0.15) is 52.9 Å². The fourth-order valence-corrected chi connectivity index (χ4v) is 4.23. The van der Waals surface area contributed by atoms with Crippen LogP contribution < -0.4 is 11.5 Å². The summed E-state index contributed by atoms with van der Waals surface area (Å²) < 4.78 is 2.96. The van der Waals surface area contributed by atoms with Crippen molar-refractivity contribution in [2.24, 2.45) is 20.5 Å². The number of rotatable bonds is 6. The summed E-state index contributed by atoms with van der Waals surface area (Å²) in [7, 11) is 0. The SMILES string of the molecule is CC(C)(C)c1nn(-c2cc(-n3nc(C(C)(C)C)c(N=Nc4ccc(O)cc4)c3N)ncn2)c(N)c1N=Nc1ccc(O)cc1. The maximum absolute atomic E-state index is 9.58. The number of phenols is 2. The van der Waals surface area contributed by atoms with Gasteiger partial charge in [0, 0.05) is 16.9 Å². The summed E-state index contributed by atoms with van der Waals surface area (Å²) in [4.78, 5) is 8.83. The lowest BCUT2D eigenvalue weighted by Gasteiger charge is -2.15. The van der Waals surface area contributed by atoms with Crippen LogP contribution in [0.2, 0.25) is 0 Å². The molecule has 0 saturated heterocycles. The highest BCUT2D eigenvalue weighted by atomic mass is 16.3. The van der Waals surface area contributed by atoms with Gasteiger partial charge in [-0.05, 0) is 48.5 Å². The molecule has 0 spiro atoms. The smallest absolute Gasteiger partial charge is 0.161 e. The van der Waals surface area contributed by atoms with Gasteiger partial charge in [-0.3, -0.25) is 0 Å². The van der Waals surface area contributed by atoms with E-state index in [0.29, 0.717) is 45.8 Å². The molecule has 5 rings (SSSR count). The lowest BCUT2D eigenvalue weighted by molar-refractivity contribution is 0.475. The lowest BCUT2D eigenvalue weighted by atomic mass is 9.91. The van der Waals surface area contributed by atoms with Gasteiger partial charge >= 0.3 is 0 Å². The molecule has 14 nitrogen and oxygen atoms in total. The Hall–Kier alpha value is -5.66. The molecule has 226 valence electrons. The van der Waals surface area contributed by atoms with Gasteiger partial charge in [0.2, 0.25) is 0 Å². The normalized spacial score (nSPS) is 12.5. The Balaban J connectivity index is 1.57. The predicted molar refractivity (Wildman–Crippen MR) is 167 cm³/mol. The number of nitrogen functional groups attached to an aromatic ring is 2. The zero-order chi connectivity index (χ0) is 31.8. The number of azo groups is 2. The molecule has 0 saturated carbocycles. The summed E-state index contributed by atoms with van der Waals surface area (Å²) in [5.74, 6) is 1.45. The van der Waals surface area contributed by atoms with Gasteiger partial charge in [-0.15, -0.1) is 10.2 Å². The van der Waals surface area contributed by atoms with Crippen LogP contribution in [0, 0.1) is 0 Å². The molecular weight excluding hydrogens is 560 g/mol. The number of aromatic hydroxyl groups is 2. The van der Waals surface area contributed by atoms with Crippen molar-refractivity contribution in [1.82, 2.24) is 29.5 Å². The van der Waals surface area contributed by atoms with Crippen molar-refractivity contribution in [2.75, 3.05) is 11.5 Å². The minimum absolute atomic E-state index is 0.131. The second kappa shape index (κ2) is 11.2. The van der Waals surface area contributed by atoms with Crippen molar-refractivity contribution in [3.05, 3.63) is 72.3 Å². The fraction of sp³-hybridized carbons (Fsp3) is 0.267. The fourth-order valence-electron chi connectivity index (χ4n) is 4.23. The average molecular weight is 595 g/mol. The predicted octanol–water partition coefficient (Wildman–Crippen LogP) is 6.85. The average Bonchev–Trinajstić information content (AvgIpc) is 3.49. The summed E-state index contributed by atoms with van der Waals surface area (Å²) in [6.45, 7) is 12.0. The van der Waals surface area contributed by atoms with E-state index in [-0.39, 0.29) is 23.1 Å². The quantitative estimate of drug-likeness (QED) is 0.153. The van der Waals surface area contributed by atoms with Crippen LogP contribution in [0.25, 0.3) is 11.6 Å². The van der Waals surface area contributed by atoms with Gasteiger partial charge in [0.25, 0.3) is 0 Å². The zero-order valence-corrected chi connectivity index (χ0v) is 25.3. The van der Waals surface area contributed by atoms with Gasteiger partial charge in [0.05, 0.1) is 22.8 Å². The highest BCUT2D eigenvalue weighted by Crippen LogP contribution is 2.39. The molecule has 3 heterocycles. The minimum Gasteiger partial charge on any atom is -0.508 e. The first-order valence-corrected chi connectivity index (χ1v) is 13.7. The van der Waals surface area contributed by atoms with Crippen molar-refractivity contribution < 1.29 is 10.2 Å². The molecule has 0 aliphatic carbocycles. The molecule has 14 heteroatoms. The number of nitrogens with zero attached hydrogens (tertiary/aromatic N) is 10. The molecule has 5 aromatic rings. The van der Waals surface area contributed by atoms with E-state index >= 15 is 0 Å². The van der Waals surface area contributed by atoms with Gasteiger partial charge in [0.15, 0.2) is 34.6 Å². The molecule has 6 N–H and O–H groups in total. The molecule has 2 aromatic carbocycles. The molecule has 0 bridgehead atoms. The lowest BCUT2D eigenvalue weighted by Crippen LogP contribution is -2.14. The molecule has 0 fully saturated rings. The van der Waals surface area contributed by atoms with Crippen LogP contribution in [0.3, 0.4) is 0 Å². The van der Waals surface area contributed by atoms with Crippen LogP contribution in [0.5, 0.6) is 11.5 Å². The summed E-state index contributed by atoms with van der Waals surface area (Å²) in [6, 6.07) is 14.4. The Morgan fingerprint density at radius 3 is 1.30 bits per heavy atom. The van der Waals surface area contributed by atoms with Crippen LogP contribution in [-0.2, 0) is 10.8 Å². The molecule has 0 atom stereocenters. The van der Waals surface area contributed by atoms with Crippen molar-refractivity contribution in [2.45, 2.75) is 52.4 Å². The first kappa shape index (κ1) is 29.8. The molecule has 0 radical (unpaired) electrons. The van der Waals surface area contributed by atoms with Crippen LogP contribution in [0.4, 0.5) is 34.4 Å². The molecule has 0 aliphatic rings. The Kier molecular flexibility index (Phi) is 7.59. The van der Waals surface area contributed by atoms with E-state index in [4.69, 9.17) is 21.7 Å². The number of hydrogen-bond acceptors (Lipinski definition) is 12. The second-order valence-corrected chi connectivity index (χ2v) is 12.2. The topological polar surface area (TPSA) is 203 Å². The highest BCUT2D eigenvalue weighted by Gasteiger charge is 2.29. The Labute approximate surface area is 253 Å². The van der Waals surface area contributed by atoms with E-state index in [1.54, 1.807) is 30.3 Å². The van der Waals surface area contributed by atoms with E-state index in [2.05, 4.69) is 30.4 Å². The van der Waals surface area contributed by atoms with E-state index in [1.807, 2.05) is 41.5 Å². The van der Waals surface area contributed by atoms with Crippen LogP contribution in [-0.4, -0.2) is 39.7 Å². The van der Waals surface area contributed by atoms with Gasteiger partial charge in [-0.1, -0.05) is 41.5 Å². The highest BCUT2D eigenvalue weighted by molar-refractivity contribution is 5.67. The van der Waals surface area contributed by atoms with E-state index in [0.717, 1.165) is 0 Å². The number of aromatic nitrogens is 6. The minimum atomic E-state index is -0.427. The van der Waals surface area contributed by atoms with Crippen molar-refractivity contribution in [1.29, 1.82) is 0 Å². The van der Waals surface area contributed by atoms with E-state index in [9.17, 15) is 10.2 Å². The summed E-state index contributed by atoms with van der Waals surface area (Å²) >= 11 is 0. The van der Waals surface area contributed by atoms with Crippen LogP contribution >= 0.6 is 0 Å². The molecule has 0 unspecified atom stereocenters. The molecule has 0 aliphatic heterocycles. The first-order chi connectivity index (χ1) is 20.7. The number of benzene rings is 2.